The smallest absolute Gasteiger partial charge is 0.238 e. The minimum absolute atomic E-state index is 0.0166. The number of nitrogens with zero attached hydrogens (tertiary/aromatic N) is 2. The molecule has 0 aliphatic carbocycles. The summed E-state index contributed by atoms with van der Waals surface area (Å²) < 4.78 is 13.0. The Labute approximate surface area is 182 Å². The standard InChI is InChI=1S/C23H19FN4O2S/c1-14(18-8-4-6-15-5-2-3-7-19(15)18)27-28-23-26-21(29)13-20(31-23)22(30)25-17-11-9-16(24)10-12-17/h2-12,20H,13H2,1H3,(H,25,30)(H,26,28,29)/b27-14-. The number of hydrogen-bond donors (Lipinski definition) is 2. The quantitative estimate of drug-likeness (QED) is 0.474. The fourth-order valence-corrected chi connectivity index (χ4v) is 4.14. The maximum Gasteiger partial charge on any atom is 0.238 e. The summed E-state index contributed by atoms with van der Waals surface area (Å²) in [6, 6.07) is 19.4. The largest absolute Gasteiger partial charge is 0.325 e. The van der Waals surface area contributed by atoms with Crippen LogP contribution in [-0.4, -0.2) is 27.9 Å². The number of benzene rings is 3. The Bertz CT molecular complexity index is 1200. The van der Waals surface area contributed by atoms with Gasteiger partial charge in [0.05, 0.1) is 5.71 Å². The van der Waals surface area contributed by atoms with Gasteiger partial charge in [-0.3, -0.25) is 9.59 Å². The summed E-state index contributed by atoms with van der Waals surface area (Å²) in [5.41, 5.74) is 2.10. The average Bonchev–Trinajstić information content (AvgIpc) is 2.78. The van der Waals surface area contributed by atoms with Crippen molar-refractivity contribution >= 4 is 50.9 Å². The average molecular weight is 434 g/mol. The van der Waals surface area contributed by atoms with Crippen LogP contribution in [0.25, 0.3) is 10.8 Å². The molecule has 1 aliphatic rings. The molecule has 1 unspecified atom stereocenters. The third-order valence-electron chi connectivity index (χ3n) is 4.75. The summed E-state index contributed by atoms with van der Waals surface area (Å²) in [6.45, 7) is 1.85. The van der Waals surface area contributed by atoms with Crippen molar-refractivity contribution in [2.75, 3.05) is 5.32 Å². The SMILES string of the molecule is C/C(=N/N=C1\NC(=O)CC(C(=O)Nc2ccc(F)cc2)S1)c1cccc2ccccc12. The molecule has 1 heterocycles. The minimum atomic E-state index is -0.661. The van der Waals surface area contributed by atoms with E-state index in [1.54, 1.807) is 0 Å². The van der Waals surface area contributed by atoms with E-state index < -0.39 is 11.1 Å². The number of halogens is 1. The van der Waals surface area contributed by atoms with Crippen LogP contribution in [-0.2, 0) is 9.59 Å². The lowest BCUT2D eigenvalue weighted by molar-refractivity contribution is -0.123. The number of fused-ring (bicyclic) bond motifs is 1. The summed E-state index contributed by atoms with van der Waals surface area (Å²) in [5, 5.41) is 15.6. The first-order valence-electron chi connectivity index (χ1n) is 9.63. The Balaban J connectivity index is 1.51. The normalized spacial score (nSPS) is 18.1. The van der Waals surface area contributed by atoms with Gasteiger partial charge in [0, 0.05) is 17.7 Å². The van der Waals surface area contributed by atoms with Crippen LogP contribution in [0.5, 0.6) is 0 Å². The van der Waals surface area contributed by atoms with E-state index in [4.69, 9.17) is 0 Å². The van der Waals surface area contributed by atoms with Crippen molar-refractivity contribution in [1.82, 2.24) is 5.32 Å². The van der Waals surface area contributed by atoms with E-state index in [1.165, 1.54) is 24.3 Å². The highest BCUT2D eigenvalue weighted by atomic mass is 32.2. The van der Waals surface area contributed by atoms with Crippen molar-refractivity contribution in [3.8, 4) is 0 Å². The molecular weight excluding hydrogens is 415 g/mol. The first-order chi connectivity index (χ1) is 15.0. The maximum absolute atomic E-state index is 13.0. The molecule has 0 aromatic heterocycles. The number of thioether (sulfide) groups is 1. The van der Waals surface area contributed by atoms with Crippen molar-refractivity contribution in [2.24, 2.45) is 10.2 Å². The first-order valence-corrected chi connectivity index (χ1v) is 10.5. The molecule has 2 amide bonds. The van der Waals surface area contributed by atoms with E-state index >= 15 is 0 Å². The molecular formula is C23H19FN4O2S. The van der Waals surface area contributed by atoms with E-state index in [0.717, 1.165) is 28.1 Å². The lowest BCUT2D eigenvalue weighted by Crippen LogP contribution is -2.41. The van der Waals surface area contributed by atoms with E-state index in [9.17, 15) is 14.0 Å². The summed E-state index contributed by atoms with van der Waals surface area (Å²) in [6.07, 6.45) is 0.0166. The summed E-state index contributed by atoms with van der Waals surface area (Å²) >= 11 is 1.13. The summed E-state index contributed by atoms with van der Waals surface area (Å²) in [4.78, 5) is 24.6. The van der Waals surface area contributed by atoms with Gasteiger partial charge in [-0.2, -0.15) is 5.10 Å². The van der Waals surface area contributed by atoms with Gasteiger partial charge in [0.2, 0.25) is 11.8 Å². The van der Waals surface area contributed by atoms with E-state index in [2.05, 4.69) is 20.8 Å². The van der Waals surface area contributed by atoms with Crippen LogP contribution >= 0.6 is 11.8 Å². The number of carbonyl (C=O) groups excluding carboxylic acids is 2. The van der Waals surface area contributed by atoms with Gasteiger partial charge in [-0.25, -0.2) is 4.39 Å². The van der Waals surface area contributed by atoms with Gasteiger partial charge in [-0.1, -0.05) is 54.2 Å². The first kappa shape index (κ1) is 20.7. The van der Waals surface area contributed by atoms with Crippen molar-refractivity contribution in [1.29, 1.82) is 0 Å². The Morgan fingerprint density at radius 2 is 1.84 bits per heavy atom. The van der Waals surface area contributed by atoms with Crippen molar-refractivity contribution in [3.63, 3.8) is 0 Å². The van der Waals surface area contributed by atoms with Crippen molar-refractivity contribution in [2.45, 2.75) is 18.6 Å². The molecule has 0 bridgehead atoms. The number of rotatable bonds is 4. The number of nitrogens with one attached hydrogen (secondary N) is 2. The molecule has 3 aromatic rings. The maximum atomic E-state index is 13.0. The molecule has 2 N–H and O–H groups in total. The Morgan fingerprint density at radius 1 is 1.10 bits per heavy atom. The highest BCUT2D eigenvalue weighted by Crippen LogP contribution is 2.23. The van der Waals surface area contributed by atoms with Crippen molar-refractivity contribution < 1.29 is 14.0 Å². The lowest BCUT2D eigenvalue weighted by atomic mass is 10.0. The predicted octanol–water partition coefficient (Wildman–Crippen LogP) is 4.32. The third kappa shape index (κ3) is 4.97. The zero-order valence-electron chi connectivity index (χ0n) is 16.6. The minimum Gasteiger partial charge on any atom is -0.325 e. The summed E-state index contributed by atoms with van der Waals surface area (Å²) in [5.74, 6) is -1.05. The molecule has 156 valence electrons. The predicted molar refractivity (Wildman–Crippen MR) is 123 cm³/mol. The molecule has 0 spiro atoms. The lowest BCUT2D eigenvalue weighted by Gasteiger charge is -2.21. The van der Waals surface area contributed by atoms with Crippen LogP contribution in [0.2, 0.25) is 0 Å². The number of amidine groups is 1. The Kier molecular flexibility index (Phi) is 6.08. The van der Waals surface area contributed by atoms with Crippen LogP contribution in [0.4, 0.5) is 10.1 Å². The molecule has 0 saturated carbocycles. The zero-order chi connectivity index (χ0) is 21.8. The molecule has 31 heavy (non-hydrogen) atoms. The van der Waals surface area contributed by atoms with Crippen LogP contribution in [0.1, 0.15) is 18.9 Å². The topological polar surface area (TPSA) is 82.9 Å². The number of amides is 2. The number of hydrogen-bond acceptors (Lipinski definition) is 5. The highest BCUT2D eigenvalue weighted by Gasteiger charge is 2.30. The molecule has 1 saturated heterocycles. The van der Waals surface area contributed by atoms with Crippen LogP contribution in [0.15, 0.2) is 76.9 Å². The molecule has 3 aromatic carbocycles. The fourth-order valence-electron chi connectivity index (χ4n) is 3.21. The zero-order valence-corrected chi connectivity index (χ0v) is 17.4. The molecule has 1 fully saturated rings. The van der Waals surface area contributed by atoms with Gasteiger partial charge in [-0.15, -0.1) is 5.10 Å². The Hall–Kier alpha value is -3.52. The number of carbonyl (C=O) groups is 2. The van der Waals surface area contributed by atoms with Gasteiger partial charge in [0.25, 0.3) is 0 Å². The van der Waals surface area contributed by atoms with Gasteiger partial charge in [-0.05, 0) is 42.0 Å². The third-order valence-corrected chi connectivity index (χ3v) is 5.82. The fraction of sp³-hybridized carbons (Fsp3) is 0.130. The second-order valence-corrected chi connectivity index (χ2v) is 8.16. The molecule has 1 aliphatic heterocycles. The van der Waals surface area contributed by atoms with Crippen LogP contribution < -0.4 is 10.6 Å². The molecule has 1 atom stereocenters. The second-order valence-electron chi connectivity index (χ2n) is 6.97. The Morgan fingerprint density at radius 3 is 2.65 bits per heavy atom. The van der Waals surface area contributed by atoms with Gasteiger partial charge < -0.3 is 10.6 Å². The summed E-state index contributed by atoms with van der Waals surface area (Å²) in [7, 11) is 0. The molecule has 0 radical (unpaired) electrons. The van der Waals surface area contributed by atoms with E-state index in [-0.39, 0.29) is 23.4 Å². The van der Waals surface area contributed by atoms with Crippen LogP contribution in [0, 0.1) is 5.82 Å². The monoisotopic (exact) mass is 434 g/mol. The van der Waals surface area contributed by atoms with Crippen molar-refractivity contribution in [3.05, 3.63) is 78.1 Å². The van der Waals surface area contributed by atoms with Gasteiger partial charge in [0.15, 0.2) is 5.17 Å². The van der Waals surface area contributed by atoms with Gasteiger partial charge in [0.1, 0.15) is 11.1 Å². The molecule has 6 nitrogen and oxygen atoms in total. The van der Waals surface area contributed by atoms with E-state index in [1.807, 2.05) is 49.4 Å². The second kappa shape index (κ2) is 9.09. The number of anilines is 1. The van der Waals surface area contributed by atoms with Gasteiger partial charge >= 0.3 is 0 Å². The highest BCUT2D eigenvalue weighted by molar-refractivity contribution is 8.15. The molecule has 4 rings (SSSR count). The molecule has 8 heteroatoms. The van der Waals surface area contributed by atoms with E-state index in [0.29, 0.717) is 11.4 Å². The van der Waals surface area contributed by atoms with Crippen LogP contribution in [0.3, 0.4) is 0 Å².